The minimum atomic E-state index is -0.0443. The lowest BCUT2D eigenvalue weighted by atomic mass is 10.1. The molecule has 1 unspecified atom stereocenters. The van der Waals surface area contributed by atoms with Gasteiger partial charge in [-0.3, -0.25) is 4.79 Å². The van der Waals surface area contributed by atoms with E-state index in [9.17, 15) is 4.79 Å². The van der Waals surface area contributed by atoms with Crippen LogP contribution in [0.2, 0.25) is 0 Å². The molecular weight excluding hydrogens is 264 g/mol. The third-order valence-electron chi connectivity index (χ3n) is 3.15. The van der Waals surface area contributed by atoms with Gasteiger partial charge in [-0.1, -0.05) is 52.3 Å². The molecule has 2 nitrogen and oxygen atoms in total. The zero-order valence-corrected chi connectivity index (χ0v) is 12.2. The second-order valence-electron chi connectivity index (χ2n) is 4.69. The molecule has 0 aromatic rings. The van der Waals surface area contributed by atoms with Gasteiger partial charge in [-0.2, -0.15) is 0 Å². The van der Waals surface area contributed by atoms with Crippen molar-refractivity contribution in [2.24, 2.45) is 5.92 Å². The number of rotatable bonds is 7. The van der Waals surface area contributed by atoms with Crippen LogP contribution in [0.4, 0.5) is 0 Å². The Morgan fingerprint density at radius 3 is 2.83 bits per heavy atom. The van der Waals surface area contributed by atoms with Crippen molar-refractivity contribution in [1.29, 1.82) is 0 Å². The van der Waals surface area contributed by atoms with Gasteiger partial charge in [-0.25, -0.2) is 0 Å². The highest BCUT2D eigenvalue weighted by Crippen LogP contribution is 2.39. The molecule has 100 valence electrons. The van der Waals surface area contributed by atoms with E-state index in [-0.39, 0.29) is 5.97 Å². The van der Waals surface area contributed by atoms with E-state index in [1.807, 2.05) is 33.7 Å². The average molecular weight is 284 g/mol. The monoisotopic (exact) mass is 284 g/mol. The first-order valence-electron chi connectivity index (χ1n) is 6.63. The van der Waals surface area contributed by atoms with Crippen molar-refractivity contribution in [2.75, 3.05) is 12.4 Å². The molecule has 18 heavy (non-hydrogen) atoms. The van der Waals surface area contributed by atoms with Gasteiger partial charge in [0.05, 0.1) is 0 Å². The Hall–Kier alpha value is -0.350. The SMILES string of the molecule is O=C(CCCCC1CCSS1)OCC1C=CC=C1. The minimum Gasteiger partial charge on any atom is -0.465 e. The molecule has 1 aliphatic heterocycles. The smallest absolute Gasteiger partial charge is 0.305 e. The third kappa shape index (κ3) is 5.11. The number of unbranched alkanes of at least 4 members (excludes halogenated alkanes) is 1. The first-order valence-corrected chi connectivity index (χ1v) is 9.02. The molecule has 0 radical (unpaired) electrons. The Labute approximate surface area is 117 Å². The number of allylic oxidation sites excluding steroid dienone is 2. The summed E-state index contributed by atoms with van der Waals surface area (Å²) in [6.07, 6.45) is 13.4. The average Bonchev–Trinajstić information content (AvgIpc) is 3.04. The summed E-state index contributed by atoms with van der Waals surface area (Å²) in [5, 5.41) is 0.819. The van der Waals surface area contributed by atoms with Crippen LogP contribution >= 0.6 is 21.6 Å². The molecule has 0 aromatic carbocycles. The summed E-state index contributed by atoms with van der Waals surface area (Å²) in [4.78, 5) is 11.5. The lowest BCUT2D eigenvalue weighted by molar-refractivity contribution is -0.144. The van der Waals surface area contributed by atoms with E-state index in [2.05, 4.69) is 12.2 Å². The van der Waals surface area contributed by atoms with E-state index in [4.69, 9.17) is 4.74 Å². The van der Waals surface area contributed by atoms with Crippen LogP contribution in [0.1, 0.15) is 32.1 Å². The molecule has 0 amide bonds. The Balaban J connectivity index is 1.46. The number of esters is 1. The van der Waals surface area contributed by atoms with Crippen LogP contribution in [0.25, 0.3) is 0 Å². The van der Waals surface area contributed by atoms with Crippen molar-refractivity contribution in [1.82, 2.24) is 0 Å². The fourth-order valence-corrected chi connectivity index (χ4v) is 5.08. The number of hydrogen-bond acceptors (Lipinski definition) is 4. The first-order chi connectivity index (χ1) is 8.84. The van der Waals surface area contributed by atoms with Gasteiger partial charge >= 0.3 is 5.97 Å². The van der Waals surface area contributed by atoms with Crippen LogP contribution in [0.15, 0.2) is 24.3 Å². The van der Waals surface area contributed by atoms with Crippen molar-refractivity contribution in [3.63, 3.8) is 0 Å². The zero-order chi connectivity index (χ0) is 12.6. The topological polar surface area (TPSA) is 26.3 Å². The molecule has 4 heteroatoms. The molecule has 0 spiro atoms. The molecule has 0 aromatic heterocycles. The Kier molecular flexibility index (Phi) is 6.21. The molecule has 2 aliphatic rings. The van der Waals surface area contributed by atoms with Gasteiger partial charge in [0.15, 0.2) is 0 Å². The highest BCUT2D eigenvalue weighted by atomic mass is 33.1. The normalized spacial score (nSPS) is 22.8. The van der Waals surface area contributed by atoms with Crippen molar-refractivity contribution in [2.45, 2.75) is 37.4 Å². The molecule has 1 fully saturated rings. The molecule has 0 bridgehead atoms. The van der Waals surface area contributed by atoms with E-state index in [1.54, 1.807) is 0 Å². The molecule has 2 rings (SSSR count). The fourth-order valence-electron chi connectivity index (χ4n) is 2.06. The largest absolute Gasteiger partial charge is 0.465 e. The first kappa shape index (κ1) is 14.1. The van der Waals surface area contributed by atoms with Crippen LogP contribution in [0.5, 0.6) is 0 Å². The van der Waals surface area contributed by atoms with E-state index >= 15 is 0 Å². The van der Waals surface area contributed by atoms with Gasteiger partial charge in [0.1, 0.15) is 6.61 Å². The van der Waals surface area contributed by atoms with Crippen molar-refractivity contribution in [3.05, 3.63) is 24.3 Å². The van der Waals surface area contributed by atoms with E-state index in [1.165, 1.54) is 18.6 Å². The minimum absolute atomic E-state index is 0.0443. The quantitative estimate of drug-likeness (QED) is 0.401. The van der Waals surface area contributed by atoms with Crippen molar-refractivity contribution < 1.29 is 9.53 Å². The van der Waals surface area contributed by atoms with Crippen LogP contribution in [0.3, 0.4) is 0 Å². The lowest BCUT2D eigenvalue weighted by Crippen LogP contribution is -2.10. The summed E-state index contributed by atoms with van der Waals surface area (Å²) in [6.45, 7) is 0.501. The number of hydrogen-bond donors (Lipinski definition) is 0. The van der Waals surface area contributed by atoms with E-state index in [0.717, 1.165) is 18.1 Å². The molecule has 0 N–H and O–H groups in total. The summed E-state index contributed by atoms with van der Waals surface area (Å²) in [7, 11) is 3.99. The van der Waals surface area contributed by atoms with Crippen molar-refractivity contribution >= 4 is 27.6 Å². The number of ether oxygens (including phenoxy) is 1. The third-order valence-corrected chi connectivity index (χ3v) is 6.16. The Morgan fingerprint density at radius 1 is 1.28 bits per heavy atom. The maximum atomic E-state index is 11.5. The van der Waals surface area contributed by atoms with E-state index in [0.29, 0.717) is 18.9 Å². The van der Waals surface area contributed by atoms with Gasteiger partial charge in [0, 0.05) is 23.3 Å². The predicted octanol–water partition coefficient (Wildman–Crippen LogP) is 3.99. The van der Waals surface area contributed by atoms with Gasteiger partial charge in [0.25, 0.3) is 0 Å². The second-order valence-corrected chi connectivity index (χ2v) is 7.48. The molecule has 0 saturated carbocycles. The van der Waals surface area contributed by atoms with Crippen LogP contribution in [-0.2, 0) is 9.53 Å². The Bertz CT molecular complexity index is 308. The summed E-state index contributed by atoms with van der Waals surface area (Å²) >= 11 is 0. The van der Waals surface area contributed by atoms with Gasteiger partial charge in [0.2, 0.25) is 0 Å². The van der Waals surface area contributed by atoms with Crippen LogP contribution < -0.4 is 0 Å². The number of carbonyl (C=O) groups excluding carboxylic acids is 1. The fraction of sp³-hybridized carbons (Fsp3) is 0.643. The molecule has 1 saturated heterocycles. The molecular formula is C14H20O2S2. The van der Waals surface area contributed by atoms with Gasteiger partial charge < -0.3 is 4.74 Å². The van der Waals surface area contributed by atoms with Crippen molar-refractivity contribution in [3.8, 4) is 0 Å². The Morgan fingerprint density at radius 2 is 2.11 bits per heavy atom. The summed E-state index contributed by atoms with van der Waals surface area (Å²) < 4.78 is 5.25. The molecule has 1 heterocycles. The van der Waals surface area contributed by atoms with Crippen LogP contribution in [0, 0.1) is 5.92 Å². The maximum Gasteiger partial charge on any atom is 0.305 e. The standard InChI is InChI=1S/C14H20O2S2/c15-14(16-11-12-5-1-2-6-12)8-4-3-7-13-9-10-17-18-13/h1-2,5-6,12-13H,3-4,7-11H2. The summed E-state index contributed by atoms with van der Waals surface area (Å²) in [6, 6.07) is 0. The molecule has 1 atom stereocenters. The number of carbonyl (C=O) groups is 1. The highest BCUT2D eigenvalue weighted by molar-refractivity contribution is 8.77. The summed E-state index contributed by atoms with van der Waals surface area (Å²) in [5.74, 6) is 1.54. The molecule has 1 aliphatic carbocycles. The lowest BCUT2D eigenvalue weighted by Gasteiger charge is -2.08. The second kappa shape index (κ2) is 7.95. The summed E-state index contributed by atoms with van der Waals surface area (Å²) in [5.41, 5.74) is 0. The highest BCUT2D eigenvalue weighted by Gasteiger charge is 2.16. The predicted molar refractivity (Wildman–Crippen MR) is 79.7 cm³/mol. The van der Waals surface area contributed by atoms with Crippen LogP contribution in [-0.4, -0.2) is 23.6 Å². The van der Waals surface area contributed by atoms with Gasteiger partial charge in [-0.05, 0) is 19.3 Å². The van der Waals surface area contributed by atoms with Gasteiger partial charge in [-0.15, -0.1) is 0 Å². The maximum absolute atomic E-state index is 11.5. The zero-order valence-electron chi connectivity index (χ0n) is 10.5. The van der Waals surface area contributed by atoms with E-state index < -0.39 is 0 Å².